The first kappa shape index (κ1) is 13.9. The Kier molecular flexibility index (Phi) is 4.11. The number of halogens is 1. The highest BCUT2D eigenvalue weighted by Gasteiger charge is 2.07. The summed E-state index contributed by atoms with van der Waals surface area (Å²) in [6.45, 7) is 4.05. The van der Waals surface area contributed by atoms with E-state index in [4.69, 9.17) is 18.0 Å². The van der Waals surface area contributed by atoms with Gasteiger partial charge in [-0.25, -0.2) is 9.97 Å². The lowest BCUT2D eigenvalue weighted by molar-refractivity contribution is 1.14. The summed E-state index contributed by atoms with van der Waals surface area (Å²) in [5.41, 5.74) is 9.32. The van der Waals surface area contributed by atoms with Crippen molar-refractivity contribution in [2.45, 2.75) is 13.8 Å². The minimum atomic E-state index is 0.259. The van der Waals surface area contributed by atoms with Crippen molar-refractivity contribution in [3.63, 3.8) is 0 Å². The number of nitrogens with one attached hydrogen (secondary N) is 1. The van der Waals surface area contributed by atoms with Crippen LogP contribution in [0.4, 0.5) is 11.6 Å². The minimum absolute atomic E-state index is 0.259. The molecule has 0 spiro atoms. The zero-order chi connectivity index (χ0) is 14.0. The van der Waals surface area contributed by atoms with Gasteiger partial charge in [-0.1, -0.05) is 28.1 Å². The van der Waals surface area contributed by atoms with Gasteiger partial charge in [0.05, 0.1) is 0 Å². The molecule has 3 N–H and O–H groups in total. The molecule has 0 atom stereocenters. The number of benzene rings is 1. The van der Waals surface area contributed by atoms with Crippen LogP contribution in [-0.4, -0.2) is 15.0 Å². The maximum Gasteiger partial charge on any atom is 0.227 e. The molecule has 0 aliphatic carbocycles. The van der Waals surface area contributed by atoms with Crippen LogP contribution in [0.3, 0.4) is 0 Å². The molecule has 0 bridgehead atoms. The third-order valence-electron chi connectivity index (χ3n) is 2.64. The Hall–Kier alpha value is -1.53. The fourth-order valence-electron chi connectivity index (χ4n) is 1.78. The van der Waals surface area contributed by atoms with E-state index in [0.29, 0.717) is 11.6 Å². The number of aromatic nitrogens is 2. The number of hydrogen-bond acceptors (Lipinski definition) is 4. The molecule has 0 aliphatic heterocycles. The fourth-order valence-corrected chi connectivity index (χ4v) is 2.58. The zero-order valence-electron chi connectivity index (χ0n) is 10.6. The van der Waals surface area contributed by atoms with Crippen molar-refractivity contribution < 1.29 is 0 Å². The van der Waals surface area contributed by atoms with Crippen molar-refractivity contribution >= 4 is 44.8 Å². The summed E-state index contributed by atoms with van der Waals surface area (Å²) in [6, 6.07) is 5.76. The van der Waals surface area contributed by atoms with Gasteiger partial charge in [-0.05, 0) is 43.2 Å². The zero-order valence-corrected chi connectivity index (χ0v) is 13.0. The van der Waals surface area contributed by atoms with Crippen molar-refractivity contribution in [2.24, 2.45) is 5.73 Å². The number of thiocarbonyl (C=S) groups is 1. The molecule has 0 amide bonds. The Bertz CT molecular complexity index is 619. The van der Waals surface area contributed by atoms with Crippen LogP contribution < -0.4 is 11.1 Å². The van der Waals surface area contributed by atoms with Crippen LogP contribution in [0.5, 0.6) is 0 Å². The van der Waals surface area contributed by atoms with Crippen molar-refractivity contribution in [3.05, 3.63) is 45.7 Å². The number of nitrogens with two attached hydrogens (primary N) is 1. The van der Waals surface area contributed by atoms with Gasteiger partial charge in [0.25, 0.3) is 0 Å². The summed E-state index contributed by atoms with van der Waals surface area (Å²) in [7, 11) is 0. The maximum absolute atomic E-state index is 5.56. The van der Waals surface area contributed by atoms with Crippen LogP contribution in [0, 0.1) is 13.8 Å². The molecule has 2 aromatic rings. The minimum Gasteiger partial charge on any atom is -0.388 e. The summed E-state index contributed by atoms with van der Waals surface area (Å²) >= 11 is 8.38. The Morgan fingerprint density at radius 1 is 1.32 bits per heavy atom. The van der Waals surface area contributed by atoms with Gasteiger partial charge in [0.1, 0.15) is 10.7 Å². The molecule has 0 fully saturated rings. The second-order valence-electron chi connectivity index (χ2n) is 4.17. The highest BCUT2D eigenvalue weighted by atomic mass is 79.9. The first-order valence-corrected chi connectivity index (χ1v) is 6.84. The van der Waals surface area contributed by atoms with Crippen LogP contribution in [0.2, 0.25) is 0 Å². The highest BCUT2D eigenvalue weighted by Crippen LogP contribution is 2.26. The number of aryl methyl sites for hydroxylation is 2. The van der Waals surface area contributed by atoms with E-state index >= 15 is 0 Å². The van der Waals surface area contributed by atoms with E-state index in [2.05, 4.69) is 31.2 Å². The summed E-state index contributed by atoms with van der Waals surface area (Å²) in [5, 5.41) is 3.20. The molecule has 19 heavy (non-hydrogen) atoms. The second-order valence-corrected chi connectivity index (χ2v) is 5.52. The third-order valence-corrected chi connectivity index (χ3v) is 3.31. The molecule has 0 radical (unpaired) electrons. The quantitative estimate of drug-likeness (QED) is 0.842. The molecule has 1 aromatic heterocycles. The molecule has 0 unspecified atom stereocenters. The molecule has 0 saturated heterocycles. The van der Waals surface area contributed by atoms with E-state index in [1.165, 1.54) is 0 Å². The van der Waals surface area contributed by atoms with Crippen LogP contribution in [0.25, 0.3) is 0 Å². The van der Waals surface area contributed by atoms with Crippen molar-refractivity contribution in [1.29, 1.82) is 0 Å². The Morgan fingerprint density at radius 3 is 2.53 bits per heavy atom. The van der Waals surface area contributed by atoms with Crippen molar-refractivity contribution in [2.75, 3.05) is 5.32 Å². The average molecular weight is 337 g/mol. The van der Waals surface area contributed by atoms with E-state index in [1.54, 1.807) is 12.3 Å². The predicted molar refractivity (Wildman–Crippen MR) is 84.8 cm³/mol. The van der Waals surface area contributed by atoms with Gasteiger partial charge in [-0.3, -0.25) is 0 Å². The van der Waals surface area contributed by atoms with Crippen molar-refractivity contribution in [3.8, 4) is 0 Å². The van der Waals surface area contributed by atoms with E-state index in [-0.39, 0.29) is 4.99 Å². The highest BCUT2D eigenvalue weighted by molar-refractivity contribution is 9.10. The van der Waals surface area contributed by atoms with Gasteiger partial charge in [0, 0.05) is 16.4 Å². The van der Waals surface area contributed by atoms with Gasteiger partial charge >= 0.3 is 0 Å². The van der Waals surface area contributed by atoms with Crippen LogP contribution in [-0.2, 0) is 0 Å². The SMILES string of the molecule is Cc1cc(Br)cc(C)c1Nc1nccc(C(N)=S)n1. The fraction of sp³-hybridized carbons (Fsp3) is 0.154. The monoisotopic (exact) mass is 336 g/mol. The largest absolute Gasteiger partial charge is 0.388 e. The molecule has 1 aromatic carbocycles. The molecule has 0 aliphatic rings. The molecule has 0 saturated carbocycles. The molecule has 2 rings (SSSR count). The molecule has 6 heteroatoms. The predicted octanol–water partition coefficient (Wildman–Crippen LogP) is 3.23. The van der Waals surface area contributed by atoms with Gasteiger partial charge in [-0.15, -0.1) is 0 Å². The lowest BCUT2D eigenvalue weighted by atomic mass is 10.1. The summed E-state index contributed by atoms with van der Waals surface area (Å²) in [5.74, 6) is 0.485. The first-order chi connectivity index (χ1) is 8.97. The standard InChI is InChI=1S/C13H13BrN4S/c1-7-5-9(14)6-8(2)11(7)18-13-16-4-3-10(17-13)12(15)19/h3-6H,1-2H3,(H2,15,19)(H,16,17,18). The first-order valence-electron chi connectivity index (χ1n) is 5.64. The summed E-state index contributed by atoms with van der Waals surface area (Å²) in [6.07, 6.45) is 1.63. The Labute approximate surface area is 125 Å². The van der Waals surface area contributed by atoms with Crippen LogP contribution in [0.15, 0.2) is 28.9 Å². The Morgan fingerprint density at radius 2 is 1.95 bits per heavy atom. The van der Waals surface area contributed by atoms with Crippen molar-refractivity contribution in [1.82, 2.24) is 9.97 Å². The van der Waals surface area contributed by atoms with Gasteiger partial charge in [-0.2, -0.15) is 0 Å². The number of rotatable bonds is 3. The average Bonchev–Trinajstić information content (AvgIpc) is 2.34. The molecular weight excluding hydrogens is 324 g/mol. The number of hydrogen-bond donors (Lipinski definition) is 2. The van der Waals surface area contributed by atoms with E-state index in [1.807, 2.05) is 26.0 Å². The molecule has 1 heterocycles. The molecule has 4 nitrogen and oxygen atoms in total. The third kappa shape index (κ3) is 3.27. The maximum atomic E-state index is 5.56. The Balaban J connectivity index is 2.36. The second kappa shape index (κ2) is 5.63. The molecular formula is C13H13BrN4S. The van der Waals surface area contributed by atoms with Gasteiger partial charge in [0.2, 0.25) is 5.95 Å². The van der Waals surface area contributed by atoms with E-state index in [9.17, 15) is 0 Å². The lowest BCUT2D eigenvalue weighted by Crippen LogP contribution is -2.13. The summed E-state index contributed by atoms with van der Waals surface area (Å²) < 4.78 is 1.05. The summed E-state index contributed by atoms with van der Waals surface area (Å²) in [4.78, 5) is 8.70. The normalized spacial score (nSPS) is 10.3. The number of anilines is 2. The smallest absolute Gasteiger partial charge is 0.227 e. The molecule has 98 valence electrons. The van der Waals surface area contributed by atoms with E-state index in [0.717, 1.165) is 21.3 Å². The van der Waals surface area contributed by atoms with E-state index < -0.39 is 0 Å². The topological polar surface area (TPSA) is 63.8 Å². The van der Waals surface area contributed by atoms with Crippen LogP contribution >= 0.6 is 28.1 Å². The number of nitrogens with zero attached hydrogens (tertiary/aromatic N) is 2. The van der Waals surface area contributed by atoms with Crippen LogP contribution in [0.1, 0.15) is 16.8 Å². The van der Waals surface area contributed by atoms with Gasteiger partial charge < -0.3 is 11.1 Å². The lowest BCUT2D eigenvalue weighted by Gasteiger charge is -2.12. The van der Waals surface area contributed by atoms with Gasteiger partial charge in [0.15, 0.2) is 0 Å².